The number of aliphatic hydroxyl groups excluding tert-OH is 1. The minimum absolute atomic E-state index is 0.117. The Morgan fingerprint density at radius 1 is 1.35 bits per heavy atom. The molecule has 8 heteroatoms. The van der Waals surface area contributed by atoms with Crippen LogP contribution in [-0.2, 0) is 0 Å². The van der Waals surface area contributed by atoms with Gasteiger partial charge in [0.15, 0.2) is 5.69 Å². The highest BCUT2D eigenvalue weighted by Gasteiger charge is 2.27. The summed E-state index contributed by atoms with van der Waals surface area (Å²) in [5, 5.41) is 20.2. The van der Waals surface area contributed by atoms with Crippen LogP contribution in [0.2, 0.25) is 5.02 Å². The van der Waals surface area contributed by atoms with Gasteiger partial charge in [-0.15, -0.1) is 0 Å². The van der Waals surface area contributed by atoms with E-state index in [1.807, 2.05) is 0 Å². The minimum atomic E-state index is -0.630. The molecule has 0 saturated heterocycles. The van der Waals surface area contributed by atoms with Crippen LogP contribution in [0, 0.1) is 0 Å². The van der Waals surface area contributed by atoms with Gasteiger partial charge in [-0.3, -0.25) is 9.59 Å². The van der Waals surface area contributed by atoms with Crippen LogP contribution in [0.15, 0.2) is 30.3 Å². The Morgan fingerprint density at radius 3 is 2.69 bits per heavy atom. The zero-order valence-corrected chi connectivity index (χ0v) is 15.2. The molecule has 2 amide bonds. The van der Waals surface area contributed by atoms with Crippen LogP contribution in [0.3, 0.4) is 0 Å². The van der Waals surface area contributed by atoms with E-state index in [0.29, 0.717) is 10.6 Å². The third kappa shape index (κ3) is 3.73. The lowest BCUT2D eigenvalue weighted by Gasteiger charge is -2.27. The van der Waals surface area contributed by atoms with Crippen molar-refractivity contribution in [2.24, 2.45) is 0 Å². The van der Waals surface area contributed by atoms with Crippen LogP contribution in [0.4, 0.5) is 0 Å². The Kier molecular flexibility index (Phi) is 5.58. The fourth-order valence-corrected chi connectivity index (χ4v) is 3.09. The number of halogens is 1. The molecule has 1 aromatic carbocycles. The number of aromatic nitrogens is 2. The molecular weight excluding hydrogens is 356 g/mol. The average Bonchev–Trinajstić information content (AvgIpc) is 3.03. The monoisotopic (exact) mass is 376 g/mol. The van der Waals surface area contributed by atoms with E-state index in [9.17, 15) is 14.7 Å². The number of benzene rings is 1. The summed E-state index contributed by atoms with van der Waals surface area (Å²) in [5.41, 5.74) is 1.05. The number of carbonyl (C=O) groups excluding carboxylic acids is 2. The summed E-state index contributed by atoms with van der Waals surface area (Å²) in [7, 11) is 1.50. The molecule has 3 N–H and O–H groups in total. The molecule has 2 aromatic rings. The third-order valence-electron chi connectivity index (χ3n) is 4.57. The summed E-state index contributed by atoms with van der Waals surface area (Å²) in [6, 6.07) is 7.95. The van der Waals surface area contributed by atoms with Crippen LogP contribution in [-0.4, -0.2) is 46.4 Å². The maximum atomic E-state index is 12.7. The molecule has 3 rings (SSSR count). The van der Waals surface area contributed by atoms with Gasteiger partial charge in [-0.2, -0.15) is 5.10 Å². The minimum Gasteiger partial charge on any atom is -0.394 e. The van der Waals surface area contributed by atoms with E-state index in [-0.39, 0.29) is 29.9 Å². The molecule has 1 aromatic heterocycles. The average molecular weight is 377 g/mol. The van der Waals surface area contributed by atoms with Gasteiger partial charge in [0.1, 0.15) is 11.7 Å². The van der Waals surface area contributed by atoms with Gasteiger partial charge in [-0.1, -0.05) is 23.7 Å². The molecule has 0 bridgehead atoms. The number of hydrogen-bond acceptors (Lipinski definition) is 4. The van der Waals surface area contributed by atoms with Gasteiger partial charge >= 0.3 is 0 Å². The quantitative estimate of drug-likeness (QED) is 0.715. The topological polar surface area (TPSA) is 96.2 Å². The van der Waals surface area contributed by atoms with Gasteiger partial charge in [0.25, 0.3) is 11.8 Å². The molecule has 0 spiro atoms. The summed E-state index contributed by atoms with van der Waals surface area (Å²) in [4.78, 5) is 24.7. The zero-order valence-electron chi connectivity index (χ0n) is 14.4. The Labute approximate surface area is 156 Å². The lowest BCUT2D eigenvalue weighted by Crippen LogP contribution is -2.40. The van der Waals surface area contributed by atoms with Crippen LogP contribution in [0.1, 0.15) is 51.8 Å². The van der Waals surface area contributed by atoms with Crippen molar-refractivity contribution in [2.45, 2.75) is 31.3 Å². The Hall–Kier alpha value is -2.38. The summed E-state index contributed by atoms with van der Waals surface area (Å²) in [6.45, 7) is -0.293. The molecule has 1 fully saturated rings. The summed E-state index contributed by atoms with van der Waals surface area (Å²) >= 11 is 6.05. The maximum Gasteiger partial charge on any atom is 0.271 e. The zero-order chi connectivity index (χ0) is 18.7. The van der Waals surface area contributed by atoms with E-state index in [4.69, 9.17) is 11.6 Å². The highest BCUT2D eigenvalue weighted by molar-refractivity contribution is 6.30. The van der Waals surface area contributed by atoms with Crippen LogP contribution < -0.4 is 10.6 Å². The Bertz CT molecular complexity index is 817. The van der Waals surface area contributed by atoms with Crippen molar-refractivity contribution in [1.29, 1.82) is 0 Å². The largest absolute Gasteiger partial charge is 0.394 e. The molecular formula is C18H21ClN4O3. The Balaban J connectivity index is 2.00. The normalized spacial score (nSPS) is 15.2. The van der Waals surface area contributed by atoms with E-state index < -0.39 is 11.9 Å². The van der Waals surface area contributed by atoms with Crippen molar-refractivity contribution < 1.29 is 14.7 Å². The highest BCUT2D eigenvalue weighted by Crippen LogP contribution is 2.24. The molecule has 138 valence electrons. The predicted octanol–water partition coefficient (Wildman–Crippen LogP) is 1.76. The van der Waals surface area contributed by atoms with Crippen molar-refractivity contribution in [2.75, 3.05) is 13.7 Å². The first-order valence-electron chi connectivity index (χ1n) is 8.52. The molecule has 7 nitrogen and oxygen atoms in total. The smallest absolute Gasteiger partial charge is 0.271 e. The van der Waals surface area contributed by atoms with Crippen molar-refractivity contribution in [3.8, 4) is 0 Å². The third-order valence-corrected chi connectivity index (χ3v) is 4.81. The maximum absolute atomic E-state index is 12.7. The first kappa shape index (κ1) is 18.4. The van der Waals surface area contributed by atoms with E-state index in [1.54, 1.807) is 24.3 Å². The summed E-state index contributed by atoms with van der Waals surface area (Å²) in [5.74, 6) is -0.706. The lowest BCUT2D eigenvalue weighted by molar-refractivity contribution is 0.0900. The SMILES string of the molecule is CNC(=O)c1cc(C(=O)NC2CCC2)n(C(CO)c2cccc(Cl)c2)n1. The molecule has 1 aliphatic rings. The molecule has 0 aliphatic heterocycles. The fraction of sp³-hybridized carbons (Fsp3) is 0.389. The number of amides is 2. The van der Waals surface area contributed by atoms with E-state index >= 15 is 0 Å². The molecule has 1 aliphatic carbocycles. The van der Waals surface area contributed by atoms with Gasteiger partial charge < -0.3 is 15.7 Å². The van der Waals surface area contributed by atoms with Crippen molar-refractivity contribution in [3.63, 3.8) is 0 Å². The Morgan fingerprint density at radius 2 is 2.12 bits per heavy atom. The molecule has 1 saturated carbocycles. The number of aliphatic hydroxyl groups is 1. The van der Waals surface area contributed by atoms with E-state index in [1.165, 1.54) is 17.8 Å². The number of nitrogens with zero attached hydrogens (tertiary/aromatic N) is 2. The number of nitrogens with one attached hydrogen (secondary N) is 2. The first-order chi connectivity index (χ1) is 12.5. The number of carbonyl (C=O) groups is 2. The second-order valence-corrected chi connectivity index (χ2v) is 6.73. The molecule has 1 heterocycles. The summed E-state index contributed by atoms with van der Waals surface area (Å²) < 4.78 is 1.39. The number of rotatable bonds is 6. The standard InChI is InChI=1S/C18H21ClN4O3/c1-20-17(25)14-9-15(18(26)21-13-6-3-7-13)23(22-14)16(10-24)11-4-2-5-12(19)8-11/h2,4-5,8-9,13,16,24H,3,6-7,10H2,1H3,(H,20,25)(H,21,26). The van der Waals surface area contributed by atoms with Crippen molar-refractivity contribution in [1.82, 2.24) is 20.4 Å². The summed E-state index contributed by atoms with van der Waals surface area (Å²) in [6.07, 6.45) is 2.98. The van der Waals surface area contributed by atoms with Crippen LogP contribution in [0.5, 0.6) is 0 Å². The van der Waals surface area contributed by atoms with Gasteiger partial charge in [0, 0.05) is 24.2 Å². The molecule has 26 heavy (non-hydrogen) atoms. The molecule has 1 atom stereocenters. The van der Waals surface area contributed by atoms with E-state index in [2.05, 4.69) is 15.7 Å². The lowest BCUT2D eigenvalue weighted by atomic mass is 9.93. The molecule has 1 unspecified atom stereocenters. The van der Waals surface area contributed by atoms with Crippen molar-refractivity contribution in [3.05, 3.63) is 52.3 Å². The fourth-order valence-electron chi connectivity index (χ4n) is 2.89. The number of hydrogen-bond donors (Lipinski definition) is 3. The van der Waals surface area contributed by atoms with Gasteiger partial charge in [-0.05, 0) is 37.0 Å². The second-order valence-electron chi connectivity index (χ2n) is 6.29. The van der Waals surface area contributed by atoms with Crippen LogP contribution in [0.25, 0.3) is 0 Å². The second kappa shape index (κ2) is 7.88. The van der Waals surface area contributed by atoms with Gasteiger partial charge in [0.05, 0.1) is 6.61 Å². The van der Waals surface area contributed by atoms with Crippen molar-refractivity contribution >= 4 is 23.4 Å². The molecule has 0 radical (unpaired) electrons. The predicted molar refractivity (Wildman–Crippen MR) is 97.4 cm³/mol. The highest BCUT2D eigenvalue weighted by atomic mass is 35.5. The van der Waals surface area contributed by atoms with Crippen LogP contribution >= 0.6 is 11.6 Å². The van der Waals surface area contributed by atoms with E-state index in [0.717, 1.165) is 19.3 Å². The first-order valence-corrected chi connectivity index (χ1v) is 8.90. The van der Waals surface area contributed by atoms with Gasteiger partial charge in [-0.25, -0.2) is 4.68 Å². The van der Waals surface area contributed by atoms with Gasteiger partial charge in [0.2, 0.25) is 0 Å².